The Morgan fingerprint density at radius 3 is 2.42 bits per heavy atom. The highest BCUT2D eigenvalue weighted by atomic mass is 35.5. The van der Waals surface area contributed by atoms with E-state index in [0.717, 1.165) is 42.7 Å². The summed E-state index contributed by atoms with van der Waals surface area (Å²) in [7, 11) is 0. The third-order valence-corrected chi connectivity index (χ3v) is 6.02. The number of anilines is 1. The van der Waals surface area contributed by atoms with Crippen LogP contribution in [0.3, 0.4) is 0 Å². The number of carbonyl (C=O) groups excluding carboxylic acids is 1. The first-order valence-corrected chi connectivity index (χ1v) is 9.96. The fourth-order valence-corrected chi connectivity index (χ4v) is 4.71. The van der Waals surface area contributed by atoms with Crippen LogP contribution in [0.4, 0.5) is 5.69 Å². The third-order valence-electron chi connectivity index (χ3n) is 5.55. The number of benzene rings is 2. The van der Waals surface area contributed by atoms with Crippen LogP contribution in [0, 0.1) is 0 Å². The maximum absolute atomic E-state index is 13.3. The van der Waals surface area contributed by atoms with Crippen molar-refractivity contribution in [2.24, 2.45) is 0 Å². The first kappa shape index (κ1) is 17.8. The number of hydrogen-bond donors (Lipinski definition) is 1. The van der Waals surface area contributed by atoms with E-state index in [1.807, 2.05) is 42.5 Å². The summed E-state index contributed by atoms with van der Waals surface area (Å²) in [6.45, 7) is 1.85. The molecule has 0 aromatic heterocycles. The second-order valence-electron chi connectivity index (χ2n) is 7.21. The number of rotatable bonds is 3. The summed E-state index contributed by atoms with van der Waals surface area (Å²) in [5.41, 5.74) is 2.22. The molecule has 2 aromatic carbocycles. The average molecular weight is 389 g/mol. The highest BCUT2D eigenvalue weighted by Gasteiger charge is 2.51. The highest BCUT2D eigenvalue weighted by Crippen LogP contribution is 2.44. The summed E-state index contributed by atoms with van der Waals surface area (Å²) in [5, 5.41) is 4.42. The zero-order chi connectivity index (χ0) is 18.1. The van der Waals surface area contributed by atoms with E-state index in [-0.39, 0.29) is 5.91 Å². The topological polar surface area (TPSA) is 32.3 Å². The van der Waals surface area contributed by atoms with Crippen molar-refractivity contribution in [2.75, 3.05) is 18.4 Å². The molecule has 1 fully saturated rings. The second-order valence-corrected chi connectivity index (χ2v) is 8.09. The van der Waals surface area contributed by atoms with Gasteiger partial charge in [-0.2, -0.15) is 0 Å². The molecule has 0 spiro atoms. The largest absolute Gasteiger partial charge is 0.324 e. The smallest absolute Gasteiger partial charge is 0.249 e. The fraction of sp³-hybridized carbons (Fsp3) is 0.381. The van der Waals surface area contributed by atoms with Gasteiger partial charge in [-0.15, -0.1) is 0 Å². The summed E-state index contributed by atoms with van der Waals surface area (Å²) in [6, 6.07) is 13.6. The number of fused-ring (bicyclic) bond motifs is 1. The minimum Gasteiger partial charge on any atom is -0.324 e. The molecule has 26 heavy (non-hydrogen) atoms. The van der Waals surface area contributed by atoms with Gasteiger partial charge >= 0.3 is 0 Å². The van der Waals surface area contributed by atoms with Crippen LogP contribution in [-0.4, -0.2) is 23.9 Å². The van der Waals surface area contributed by atoms with Crippen LogP contribution in [0.25, 0.3) is 0 Å². The lowest BCUT2D eigenvalue weighted by Crippen LogP contribution is -2.53. The van der Waals surface area contributed by atoms with Gasteiger partial charge in [0.15, 0.2) is 0 Å². The molecule has 2 heterocycles. The van der Waals surface area contributed by atoms with Crippen LogP contribution in [-0.2, 0) is 16.8 Å². The zero-order valence-corrected chi connectivity index (χ0v) is 16.1. The number of hydrogen-bond acceptors (Lipinski definition) is 2. The van der Waals surface area contributed by atoms with E-state index in [1.54, 1.807) is 0 Å². The molecule has 1 amide bonds. The standard InChI is InChI=1S/C21H22Cl2N2O/c22-16-7-5-6-15(12-16)14-21(25-10-3-1-2-4-11-25)18-9-8-17(23)13-19(18)24-20(21)26/h5-9,12-13H,1-4,10-11,14H2,(H,24,26). The van der Waals surface area contributed by atoms with Crippen molar-refractivity contribution in [3.63, 3.8) is 0 Å². The lowest BCUT2D eigenvalue weighted by atomic mass is 9.82. The molecule has 2 aliphatic rings. The van der Waals surface area contributed by atoms with Crippen LogP contribution < -0.4 is 5.32 Å². The summed E-state index contributed by atoms with van der Waals surface area (Å²) >= 11 is 12.4. The molecule has 0 saturated carbocycles. The first-order valence-electron chi connectivity index (χ1n) is 9.20. The molecule has 3 nitrogen and oxygen atoms in total. The maximum Gasteiger partial charge on any atom is 0.249 e. The molecule has 1 saturated heterocycles. The van der Waals surface area contributed by atoms with Crippen molar-refractivity contribution in [2.45, 2.75) is 37.6 Å². The molecule has 2 aromatic rings. The Labute approximate surface area is 164 Å². The molecule has 1 atom stereocenters. The highest BCUT2D eigenvalue weighted by molar-refractivity contribution is 6.31. The van der Waals surface area contributed by atoms with Crippen LogP contribution in [0.15, 0.2) is 42.5 Å². The number of nitrogens with zero attached hydrogens (tertiary/aromatic N) is 1. The van der Waals surface area contributed by atoms with Gasteiger partial charge in [0, 0.05) is 27.7 Å². The van der Waals surface area contributed by atoms with Gasteiger partial charge in [0.1, 0.15) is 5.54 Å². The van der Waals surface area contributed by atoms with Crippen LogP contribution in [0.1, 0.15) is 36.8 Å². The predicted molar refractivity (Wildman–Crippen MR) is 107 cm³/mol. The van der Waals surface area contributed by atoms with Gasteiger partial charge in [0.05, 0.1) is 0 Å². The molecule has 1 unspecified atom stereocenters. The van der Waals surface area contributed by atoms with Crippen molar-refractivity contribution in [1.82, 2.24) is 4.90 Å². The lowest BCUT2D eigenvalue weighted by molar-refractivity contribution is -0.128. The molecule has 5 heteroatoms. The molecule has 0 bridgehead atoms. The van der Waals surface area contributed by atoms with Crippen molar-refractivity contribution < 1.29 is 4.79 Å². The minimum atomic E-state index is -0.699. The van der Waals surface area contributed by atoms with Gasteiger partial charge in [0.2, 0.25) is 5.91 Å². The quantitative estimate of drug-likeness (QED) is 0.777. The zero-order valence-electron chi connectivity index (χ0n) is 14.6. The molecule has 4 rings (SSSR count). The summed E-state index contributed by atoms with van der Waals surface area (Å²) in [4.78, 5) is 15.7. The Hall–Kier alpha value is -1.55. The SMILES string of the molecule is O=C1Nc2cc(Cl)ccc2C1(Cc1cccc(Cl)c1)N1CCCCCC1. The average Bonchev–Trinajstić information content (AvgIpc) is 2.79. The summed E-state index contributed by atoms with van der Waals surface area (Å²) in [6.07, 6.45) is 5.28. The summed E-state index contributed by atoms with van der Waals surface area (Å²) in [5.74, 6) is 0.0386. The van der Waals surface area contributed by atoms with E-state index in [0.29, 0.717) is 16.5 Å². The number of carbonyl (C=O) groups is 1. The number of halogens is 2. The van der Waals surface area contributed by atoms with E-state index >= 15 is 0 Å². The molecule has 2 aliphatic heterocycles. The Morgan fingerprint density at radius 2 is 1.69 bits per heavy atom. The number of amides is 1. The van der Waals surface area contributed by atoms with Crippen molar-refractivity contribution in [3.05, 3.63) is 63.6 Å². The van der Waals surface area contributed by atoms with E-state index < -0.39 is 5.54 Å². The molecule has 0 radical (unpaired) electrons. The van der Waals surface area contributed by atoms with Crippen LogP contribution in [0.2, 0.25) is 10.0 Å². The van der Waals surface area contributed by atoms with E-state index in [4.69, 9.17) is 23.2 Å². The first-order chi connectivity index (χ1) is 12.6. The molecule has 1 N–H and O–H groups in total. The Morgan fingerprint density at radius 1 is 0.962 bits per heavy atom. The van der Waals surface area contributed by atoms with E-state index in [1.165, 1.54) is 12.8 Å². The van der Waals surface area contributed by atoms with Crippen molar-refractivity contribution in [1.29, 1.82) is 0 Å². The molecule has 136 valence electrons. The third kappa shape index (κ3) is 3.13. The second kappa shape index (κ2) is 7.22. The Balaban J connectivity index is 1.83. The van der Waals surface area contributed by atoms with Gasteiger partial charge in [-0.3, -0.25) is 9.69 Å². The predicted octanol–water partition coefficient (Wildman–Crippen LogP) is 5.26. The normalized spacial score (nSPS) is 23.4. The fourth-order valence-electron chi connectivity index (χ4n) is 4.32. The van der Waals surface area contributed by atoms with Gasteiger partial charge in [0.25, 0.3) is 0 Å². The van der Waals surface area contributed by atoms with Gasteiger partial charge in [-0.05, 0) is 55.8 Å². The minimum absolute atomic E-state index is 0.0386. The van der Waals surface area contributed by atoms with Crippen LogP contribution >= 0.6 is 23.2 Å². The van der Waals surface area contributed by atoms with Gasteiger partial charge < -0.3 is 5.32 Å². The maximum atomic E-state index is 13.3. The van der Waals surface area contributed by atoms with Crippen LogP contribution in [0.5, 0.6) is 0 Å². The van der Waals surface area contributed by atoms with Crippen molar-refractivity contribution >= 4 is 34.8 Å². The molecular weight excluding hydrogens is 367 g/mol. The van der Waals surface area contributed by atoms with Gasteiger partial charge in [-0.1, -0.05) is 54.2 Å². The Bertz CT molecular complexity index is 831. The van der Waals surface area contributed by atoms with E-state index in [2.05, 4.69) is 10.2 Å². The number of nitrogens with one attached hydrogen (secondary N) is 1. The molecule has 0 aliphatic carbocycles. The van der Waals surface area contributed by atoms with E-state index in [9.17, 15) is 4.79 Å². The Kier molecular flexibility index (Phi) is 4.96. The van der Waals surface area contributed by atoms with Crippen molar-refractivity contribution in [3.8, 4) is 0 Å². The number of likely N-dealkylation sites (tertiary alicyclic amines) is 1. The molecular formula is C21H22Cl2N2O. The lowest BCUT2D eigenvalue weighted by Gasteiger charge is -2.39. The monoisotopic (exact) mass is 388 g/mol. The van der Waals surface area contributed by atoms with Gasteiger partial charge in [-0.25, -0.2) is 0 Å². The summed E-state index contributed by atoms with van der Waals surface area (Å²) < 4.78 is 0.